The van der Waals surface area contributed by atoms with E-state index in [-0.39, 0.29) is 12.0 Å². The zero-order chi connectivity index (χ0) is 12.6. The molecule has 90 valence electrons. The Balaban J connectivity index is 3.29. The van der Waals surface area contributed by atoms with Gasteiger partial charge >= 0.3 is 6.18 Å². The summed E-state index contributed by atoms with van der Waals surface area (Å²) in [5, 5.41) is 9.79. The topological polar surface area (TPSA) is 20.2 Å². The Labute approximate surface area is 90.7 Å². The highest BCUT2D eigenvalue weighted by Gasteiger charge is 2.35. The van der Waals surface area contributed by atoms with Gasteiger partial charge in [0.05, 0.1) is 11.2 Å². The van der Waals surface area contributed by atoms with Crippen LogP contribution in [-0.2, 0) is 11.8 Å². The van der Waals surface area contributed by atoms with Crippen molar-refractivity contribution < 1.29 is 22.7 Å². The first-order chi connectivity index (χ1) is 7.18. The number of hydrogen-bond acceptors (Lipinski definition) is 1. The molecule has 1 N–H and O–H groups in total. The van der Waals surface area contributed by atoms with Gasteiger partial charge in [-0.25, -0.2) is 4.39 Å². The van der Waals surface area contributed by atoms with Gasteiger partial charge < -0.3 is 5.11 Å². The summed E-state index contributed by atoms with van der Waals surface area (Å²) >= 11 is 0. The van der Waals surface area contributed by atoms with Crippen molar-refractivity contribution in [2.75, 3.05) is 0 Å². The predicted molar refractivity (Wildman–Crippen MR) is 51.3 cm³/mol. The highest BCUT2D eigenvalue weighted by atomic mass is 19.4. The largest absolute Gasteiger partial charge is 0.419 e. The van der Waals surface area contributed by atoms with Crippen molar-refractivity contribution >= 4 is 0 Å². The summed E-state index contributed by atoms with van der Waals surface area (Å²) in [6.07, 6.45) is -4.50. The summed E-state index contributed by atoms with van der Waals surface area (Å²) in [4.78, 5) is 0. The van der Waals surface area contributed by atoms with Crippen molar-refractivity contribution in [2.45, 2.75) is 32.0 Å². The third kappa shape index (κ3) is 2.52. The van der Waals surface area contributed by atoms with Crippen LogP contribution in [0.2, 0.25) is 0 Å². The van der Waals surface area contributed by atoms with Crippen molar-refractivity contribution in [1.29, 1.82) is 0 Å². The Bertz CT molecular complexity index is 382. The van der Waals surface area contributed by atoms with E-state index in [2.05, 4.69) is 0 Å². The number of aliphatic hydroxyl groups is 1. The molecule has 1 nitrogen and oxygen atoms in total. The monoisotopic (exact) mass is 236 g/mol. The van der Waals surface area contributed by atoms with Crippen molar-refractivity contribution in [2.24, 2.45) is 0 Å². The molecule has 1 atom stereocenters. The van der Waals surface area contributed by atoms with Crippen LogP contribution in [0.25, 0.3) is 0 Å². The molecule has 1 rings (SSSR count). The fourth-order valence-electron chi connectivity index (χ4n) is 1.28. The van der Waals surface area contributed by atoms with Crippen LogP contribution in [0.5, 0.6) is 0 Å². The standard InChI is InChI=1S/C11H12F4O/c1-3-10(2,16)7-4-5-9(12)8(6-7)11(13,14)15/h4-6,16H,3H2,1-2H3. The molecule has 0 aromatic heterocycles. The number of hydrogen-bond donors (Lipinski definition) is 1. The Hall–Kier alpha value is -1.10. The quantitative estimate of drug-likeness (QED) is 0.779. The van der Waals surface area contributed by atoms with Crippen LogP contribution in [0.15, 0.2) is 18.2 Å². The predicted octanol–water partition coefficient (Wildman–Crippen LogP) is 3.46. The van der Waals surface area contributed by atoms with Gasteiger partial charge in [-0.05, 0) is 31.0 Å². The molecule has 0 fully saturated rings. The first-order valence-corrected chi connectivity index (χ1v) is 4.78. The molecule has 0 saturated heterocycles. The highest BCUT2D eigenvalue weighted by molar-refractivity contribution is 5.30. The molecule has 0 aliphatic carbocycles. The molecule has 1 unspecified atom stereocenters. The van der Waals surface area contributed by atoms with E-state index in [0.29, 0.717) is 6.07 Å². The van der Waals surface area contributed by atoms with E-state index < -0.39 is 23.2 Å². The molecule has 0 radical (unpaired) electrons. The lowest BCUT2D eigenvalue weighted by Gasteiger charge is -2.23. The second-order valence-electron chi connectivity index (χ2n) is 3.82. The van der Waals surface area contributed by atoms with E-state index in [0.717, 1.165) is 12.1 Å². The number of alkyl halides is 3. The van der Waals surface area contributed by atoms with Gasteiger partial charge in [-0.3, -0.25) is 0 Å². The molecule has 16 heavy (non-hydrogen) atoms. The van der Waals surface area contributed by atoms with E-state index in [9.17, 15) is 22.7 Å². The van der Waals surface area contributed by atoms with Crippen LogP contribution < -0.4 is 0 Å². The zero-order valence-corrected chi connectivity index (χ0v) is 8.90. The molecular weight excluding hydrogens is 224 g/mol. The molecule has 5 heteroatoms. The second-order valence-corrected chi connectivity index (χ2v) is 3.82. The average Bonchev–Trinajstić information content (AvgIpc) is 2.16. The summed E-state index contributed by atoms with van der Waals surface area (Å²) in [6.45, 7) is 3.02. The molecule has 0 spiro atoms. The molecule has 0 heterocycles. The molecule has 0 aliphatic rings. The number of halogens is 4. The highest BCUT2D eigenvalue weighted by Crippen LogP contribution is 2.34. The second kappa shape index (κ2) is 4.05. The van der Waals surface area contributed by atoms with Gasteiger partial charge in [-0.1, -0.05) is 13.0 Å². The molecule has 0 bridgehead atoms. The van der Waals surface area contributed by atoms with Crippen LogP contribution in [0.4, 0.5) is 17.6 Å². The van der Waals surface area contributed by atoms with Crippen LogP contribution in [0.3, 0.4) is 0 Å². The van der Waals surface area contributed by atoms with Gasteiger partial charge in [-0.15, -0.1) is 0 Å². The Morgan fingerprint density at radius 1 is 1.25 bits per heavy atom. The van der Waals surface area contributed by atoms with Crippen molar-refractivity contribution in [3.05, 3.63) is 35.1 Å². The molecule has 1 aromatic rings. The molecule has 0 aliphatic heterocycles. The maximum absolute atomic E-state index is 13.0. The van der Waals surface area contributed by atoms with Crippen molar-refractivity contribution in [3.8, 4) is 0 Å². The van der Waals surface area contributed by atoms with Gasteiger partial charge in [0.1, 0.15) is 5.82 Å². The van der Waals surface area contributed by atoms with Crippen LogP contribution in [0, 0.1) is 5.82 Å². The van der Waals surface area contributed by atoms with Gasteiger partial charge in [0, 0.05) is 0 Å². The molecule has 0 amide bonds. The summed E-state index contributed by atoms with van der Waals surface area (Å²) in [5.41, 5.74) is -2.67. The Morgan fingerprint density at radius 2 is 1.81 bits per heavy atom. The Kier molecular flexibility index (Phi) is 3.28. The third-order valence-corrected chi connectivity index (χ3v) is 2.58. The van der Waals surface area contributed by atoms with E-state index in [1.807, 2.05) is 0 Å². The van der Waals surface area contributed by atoms with E-state index >= 15 is 0 Å². The van der Waals surface area contributed by atoms with E-state index in [1.54, 1.807) is 6.92 Å². The Morgan fingerprint density at radius 3 is 2.25 bits per heavy atom. The van der Waals surface area contributed by atoms with E-state index in [1.165, 1.54) is 6.92 Å². The summed E-state index contributed by atoms with van der Waals surface area (Å²) in [7, 11) is 0. The van der Waals surface area contributed by atoms with Gasteiger partial charge in [0.2, 0.25) is 0 Å². The lowest BCUT2D eigenvalue weighted by Crippen LogP contribution is -2.21. The van der Waals surface area contributed by atoms with Gasteiger partial charge in [0.25, 0.3) is 0 Å². The summed E-state index contributed by atoms with van der Waals surface area (Å²) < 4.78 is 50.2. The molecule has 0 saturated carbocycles. The lowest BCUT2D eigenvalue weighted by atomic mass is 9.92. The zero-order valence-electron chi connectivity index (χ0n) is 8.90. The number of benzene rings is 1. The SMILES string of the molecule is CCC(C)(O)c1ccc(F)c(C(F)(F)F)c1. The van der Waals surface area contributed by atoms with Gasteiger partial charge in [0.15, 0.2) is 0 Å². The van der Waals surface area contributed by atoms with E-state index in [4.69, 9.17) is 0 Å². The maximum atomic E-state index is 13.0. The molecular formula is C11H12F4O. The van der Waals surface area contributed by atoms with Gasteiger partial charge in [-0.2, -0.15) is 13.2 Å². The minimum absolute atomic E-state index is 0.0590. The summed E-state index contributed by atoms with van der Waals surface area (Å²) in [5.74, 6) is -1.33. The van der Waals surface area contributed by atoms with Crippen molar-refractivity contribution in [1.82, 2.24) is 0 Å². The smallest absolute Gasteiger partial charge is 0.385 e. The van der Waals surface area contributed by atoms with Crippen molar-refractivity contribution in [3.63, 3.8) is 0 Å². The maximum Gasteiger partial charge on any atom is 0.419 e. The van der Waals surface area contributed by atoms with Crippen LogP contribution in [0.1, 0.15) is 31.4 Å². The molecule has 1 aromatic carbocycles. The van der Waals surface area contributed by atoms with Crippen LogP contribution in [-0.4, -0.2) is 5.11 Å². The minimum Gasteiger partial charge on any atom is -0.385 e. The van der Waals surface area contributed by atoms with Crippen LogP contribution >= 0.6 is 0 Å². The average molecular weight is 236 g/mol. The minimum atomic E-state index is -4.75. The normalized spacial score (nSPS) is 15.9. The lowest BCUT2D eigenvalue weighted by molar-refractivity contribution is -0.140. The first-order valence-electron chi connectivity index (χ1n) is 4.78. The first kappa shape index (κ1) is 13.0. The summed E-state index contributed by atoms with van der Waals surface area (Å²) in [6, 6.07) is 2.54. The third-order valence-electron chi connectivity index (χ3n) is 2.58. The fraction of sp³-hybridized carbons (Fsp3) is 0.455. The number of rotatable bonds is 2. The fourth-order valence-corrected chi connectivity index (χ4v) is 1.28.